The Morgan fingerprint density at radius 2 is 2.02 bits per heavy atom. The van der Waals surface area contributed by atoms with Crippen LogP contribution in [0.4, 0.5) is 0 Å². The summed E-state index contributed by atoms with van der Waals surface area (Å²) in [6, 6.07) is 12.6. The fraction of sp³-hybridized carbons (Fsp3) is 0.387. The van der Waals surface area contributed by atoms with Gasteiger partial charge in [-0.1, -0.05) is 26.0 Å². The molecule has 3 amide bonds. The number of carbonyl (C=O) groups is 3. The van der Waals surface area contributed by atoms with Crippen LogP contribution < -0.4 is 20.1 Å². The molecule has 1 aliphatic heterocycles. The molecule has 2 aromatic heterocycles. The Morgan fingerprint density at radius 1 is 1.19 bits per heavy atom. The third-order valence-electron chi connectivity index (χ3n) is 7.25. The molecule has 2 bridgehead atoms. The molecule has 0 saturated carbocycles. The summed E-state index contributed by atoms with van der Waals surface area (Å²) in [6.07, 6.45) is 4.19. The van der Waals surface area contributed by atoms with E-state index in [9.17, 15) is 14.4 Å². The highest BCUT2D eigenvalue weighted by Gasteiger charge is 2.26. The summed E-state index contributed by atoms with van der Waals surface area (Å²) in [6.45, 7) is 4.65. The SMILES string of the molecule is COc1ccc2cc1OCCN(C(=O)CCc1nc3ccccc3s1)CC(=O)N[C@H](C(C)C)C(=O)NCCn1ccnc1-2. The van der Waals surface area contributed by atoms with Gasteiger partial charge in [0.05, 0.1) is 35.4 Å². The van der Waals surface area contributed by atoms with Gasteiger partial charge in [-0.15, -0.1) is 11.3 Å². The number of nitrogens with zero attached hydrogens (tertiary/aromatic N) is 4. The van der Waals surface area contributed by atoms with Crippen molar-refractivity contribution in [2.45, 2.75) is 39.3 Å². The van der Waals surface area contributed by atoms with Crippen molar-refractivity contribution in [1.29, 1.82) is 0 Å². The minimum absolute atomic E-state index is 0.127. The highest BCUT2D eigenvalue weighted by molar-refractivity contribution is 7.18. The maximum absolute atomic E-state index is 13.5. The average Bonchev–Trinajstić information content (AvgIpc) is 3.64. The van der Waals surface area contributed by atoms with E-state index < -0.39 is 11.9 Å². The molecule has 0 radical (unpaired) electrons. The van der Waals surface area contributed by atoms with E-state index in [-0.39, 0.29) is 43.8 Å². The summed E-state index contributed by atoms with van der Waals surface area (Å²) >= 11 is 1.56. The number of hydrogen-bond donors (Lipinski definition) is 2. The zero-order valence-corrected chi connectivity index (χ0v) is 25.4. The number of methoxy groups -OCH3 is 1. The minimum Gasteiger partial charge on any atom is -0.493 e. The third-order valence-corrected chi connectivity index (χ3v) is 8.35. The molecule has 0 fully saturated rings. The van der Waals surface area contributed by atoms with Crippen LogP contribution >= 0.6 is 11.3 Å². The molecule has 5 rings (SSSR count). The largest absolute Gasteiger partial charge is 0.493 e. The second-order valence-corrected chi connectivity index (χ2v) is 11.7. The number of para-hydroxylation sites is 1. The van der Waals surface area contributed by atoms with Gasteiger partial charge >= 0.3 is 0 Å². The molecule has 0 spiro atoms. The van der Waals surface area contributed by atoms with E-state index >= 15 is 0 Å². The van der Waals surface area contributed by atoms with E-state index in [1.54, 1.807) is 30.7 Å². The lowest BCUT2D eigenvalue weighted by molar-refractivity contribution is -0.137. The number of carbonyl (C=O) groups excluding carboxylic acids is 3. The number of benzene rings is 2. The molecule has 1 atom stereocenters. The number of hydrogen-bond acceptors (Lipinski definition) is 8. The topological polar surface area (TPSA) is 128 Å². The molecule has 12 heteroatoms. The minimum atomic E-state index is -0.749. The molecule has 0 aliphatic carbocycles. The Labute approximate surface area is 254 Å². The van der Waals surface area contributed by atoms with Crippen LogP contribution in [-0.4, -0.2) is 76.5 Å². The zero-order chi connectivity index (χ0) is 30.3. The van der Waals surface area contributed by atoms with Gasteiger partial charge < -0.3 is 29.6 Å². The summed E-state index contributed by atoms with van der Waals surface area (Å²) in [4.78, 5) is 50.4. The van der Waals surface area contributed by atoms with Crippen molar-refractivity contribution >= 4 is 39.3 Å². The van der Waals surface area contributed by atoms with Gasteiger partial charge in [-0.2, -0.15) is 0 Å². The molecule has 226 valence electrons. The van der Waals surface area contributed by atoms with Gasteiger partial charge in [0.2, 0.25) is 17.7 Å². The van der Waals surface area contributed by atoms with Crippen molar-refractivity contribution in [3.63, 3.8) is 0 Å². The van der Waals surface area contributed by atoms with E-state index in [0.717, 1.165) is 20.8 Å². The van der Waals surface area contributed by atoms with E-state index in [1.165, 1.54) is 4.90 Å². The Kier molecular flexibility index (Phi) is 9.55. The summed E-state index contributed by atoms with van der Waals surface area (Å²) in [7, 11) is 1.56. The van der Waals surface area contributed by atoms with Crippen molar-refractivity contribution in [1.82, 2.24) is 30.1 Å². The molecule has 2 N–H and O–H groups in total. The average molecular weight is 605 g/mol. The lowest BCUT2D eigenvalue weighted by atomic mass is 10.0. The zero-order valence-electron chi connectivity index (χ0n) is 24.5. The molecule has 2 aromatic carbocycles. The van der Waals surface area contributed by atoms with E-state index in [2.05, 4.69) is 20.6 Å². The van der Waals surface area contributed by atoms with Crippen LogP contribution in [0.5, 0.6) is 11.5 Å². The van der Waals surface area contributed by atoms with Crippen LogP contribution in [0.25, 0.3) is 21.6 Å². The van der Waals surface area contributed by atoms with Crippen molar-refractivity contribution in [3.05, 3.63) is 59.9 Å². The lowest BCUT2D eigenvalue weighted by Gasteiger charge is -2.26. The van der Waals surface area contributed by atoms with Crippen molar-refractivity contribution in [2.75, 3.05) is 33.4 Å². The molecule has 0 unspecified atom stereocenters. The van der Waals surface area contributed by atoms with Crippen LogP contribution in [0.2, 0.25) is 0 Å². The number of aryl methyl sites for hydroxylation is 1. The molecule has 3 heterocycles. The lowest BCUT2D eigenvalue weighted by Crippen LogP contribution is -2.53. The van der Waals surface area contributed by atoms with Crippen LogP contribution in [0.1, 0.15) is 25.3 Å². The van der Waals surface area contributed by atoms with Gasteiger partial charge in [0.15, 0.2) is 11.5 Å². The number of rotatable bonds is 5. The van der Waals surface area contributed by atoms with Crippen LogP contribution in [0.15, 0.2) is 54.9 Å². The molecule has 11 nitrogen and oxygen atoms in total. The second-order valence-electron chi connectivity index (χ2n) is 10.6. The number of imidazole rings is 1. The van der Waals surface area contributed by atoms with Crippen molar-refractivity contribution in [2.24, 2.45) is 5.92 Å². The first-order valence-corrected chi connectivity index (χ1v) is 15.2. The van der Waals surface area contributed by atoms with Gasteiger partial charge in [0.25, 0.3) is 0 Å². The highest BCUT2D eigenvalue weighted by atomic mass is 32.1. The molecular weight excluding hydrogens is 568 g/mol. The van der Waals surface area contributed by atoms with Crippen molar-refractivity contribution < 1.29 is 23.9 Å². The maximum Gasteiger partial charge on any atom is 0.242 e. The summed E-state index contributed by atoms with van der Waals surface area (Å²) in [5.41, 5.74) is 1.72. The normalized spacial score (nSPS) is 16.7. The number of aromatic nitrogens is 3. The third kappa shape index (κ3) is 7.31. The fourth-order valence-corrected chi connectivity index (χ4v) is 5.94. The van der Waals surface area contributed by atoms with Gasteiger partial charge in [-0.25, -0.2) is 9.97 Å². The van der Waals surface area contributed by atoms with E-state index in [1.807, 2.05) is 61.0 Å². The molecule has 1 aliphatic rings. The predicted octanol–water partition coefficient (Wildman–Crippen LogP) is 3.28. The smallest absolute Gasteiger partial charge is 0.242 e. The van der Waals surface area contributed by atoms with Gasteiger partial charge in [-0.3, -0.25) is 14.4 Å². The Balaban J connectivity index is 1.38. The maximum atomic E-state index is 13.5. The van der Waals surface area contributed by atoms with Gasteiger partial charge in [0, 0.05) is 43.9 Å². The standard InChI is InChI=1S/C31H36N6O5S/c1-20(2)29-31(40)33-13-15-36-14-12-32-30(36)21-8-9-23(41-3)24(18-21)42-17-16-37(19-26(38)35-29)28(39)11-10-27-34-22-6-4-5-7-25(22)43-27/h4-9,12,14,18,20,29H,10-11,13,15-17,19H2,1-3H3,(H,33,40)(H,35,38)/t29-/m1/s1. The Hall–Kier alpha value is -4.45. The highest BCUT2D eigenvalue weighted by Crippen LogP contribution is 2.32. The number of thiazole rings is 1. The molecule has 0 saturated heterocycles. The van der Waals surface area contributed by atoms with E-state index in [4.69, 9.17) is 9.47 Å². The molecule has 4 aromatic rings. The monoisotopic (exact) mass is 604 g/mol. The number of nitrogens with one attached hydrogen (secondary N) is 2. The summed E-state index contributed by atoms with van der Waals surface area (Å²) < 4.78 is 14.6. The number of amides is 3. The number of ether oxygens (including phenoxy) is 2. The van der Waals surface area contributed by atoms with Crippen molar-refractivity contribution in [3.8, 4) is 22.9 Å². The fourth-order valence-electron chi connectivity index (χ4n) is 4.97. The molecule has 43 heavy (non-hydrogen) atoms. The Morgan fingerprint density at radius 3 is 2.81 bits per heavy atom. The first kappa shape index (κ1) is 30.0. The van der Waals surface area contributed by atoms with Crippen LogP contribution in [0, 0.1) is 5.92 Å². The summed E-state index contributed by atoms with van der Waals surface area (Å²) in [5, 5.41) is 6.63. The first-order chi connectivity index (χ1) is 20.8. The quantitative estimate of drug-likeness (QED) is 0.358. The van der Waals surface area contributed by atoms with Crippen LogP contribution in [0.3, 0.4) is 0 Å². The predicted molar refractivity (Wildman–Crippen MR) is 164 cm³/mol. The van der Waals surface area contributed by atoms with Crippen LogP contribution in [-0.2, 0) is 27.3 Å². The Bertz CT molecular complexity index is 1570. The van der Waals surface area contributed by atoms with Gasteiger partial charge in [-0.05, 0) is 36.2 Å². The van der Waals surface area contributed by atoms with E-state index in [0.29, 0.717) is 36.8 Å². The van der Waals surface area contributed by atoms with Gasteiger partial charge in [0.1, 0.15) is 18.5 Å². The molecular formula is C31H36N6O5S. The summed E-state index contributed by atoms with van der Waals surface area (Å²) in [5.74, 6) is 0.698. The second kappa shape index (κ2) is 13.7. The number of fused-ring (bicyclic) bond motifs is 5. The first-order valence-electron chi connectivity index (χ1n) is 14.3.